The van der Waals surface area contributed by atoms with Gasteiger partial charge in [-0.15, -0.1) is 0 Å². The second kappa shape index (κ2) is 4.97. The molecule has 0 spiro atoms. The summed E-state index contributed by atoms with van der Waals surface area (Å²) in [4.78, 5) is 39.8. The van der Waals surface area contributed by atoms with Crippen molar-refractivity contribution in [2.45, 2.75) is 6.92 Å². The molecule has 0 aliphatic carbocycles. The fourth-order valence-corrected chi connectivity index (χ4v) is 1.68. The van der Waals surface area contributed by atoms with Crippen LogP contribution in [0.2, 0.25) is 0 Å². The first-order valence-corrected chi connectivity index (χ1v) is 5.62. The molecule has 100 valence electrons. The molecule has 7 nitrogen and oxygen atoms in total. The van der Waals surface area contributed by atoms with Crippen LogP contribution in [0.1, 0.15) is 6.92 Å². The zero-order chi connectivity index (χ0) is 14.0. The third kappa shape index (κ3) is 2.22. The lowest BCUT2D eigenvalue weighted by Crippen LogP contribution is -2.44. The minimum atomic E-state index is -1.10. The summed E-state index contributed by atoms with van der Waals surface area (Å²) in [6.45, 7) is 1.67. The Kier molecular flexibility index (Phi) is 3.37. The maximum atomic E-state index is 12.1. The number of nitrogens with zero attached hydrogens (tertiary/aromatic N) is 2. The lowest BCUT2D eigenvalue weighted by atomic mass is 10.2. The highest BCUT2D eigenvalue weighted by Crippen LogP contribution is 2.05. The number of benzene rings is 1. The van der Waals surface area contributed by atoms with Crippen LogP contribution in [0.4, 0.5) is 4.79 Å². The zero-order valence-corrected chi connectivity index (χ0v) is 10.5. The predicted molar refractivity (Wildman–Crippen MR) is 67.1 cm³/mol. The van der Waals surface area contributed by atoms with E-state index in [1.54, 1.807) is 31.2 Å². The molecule has 0 aliphatic rings. The van der Waals surface area contributed by atoms with Crippen molar-refractivity contribution in [2.24, 2.45) is 7.05 Å². The van der Waals surface area contributed by atoms with Crippen LogP contribution in [0.15, 0.2) is 33.9 Å². The summed E-state index contributed by atoms with van der Waals surface area (Å²) in [7, 11) is 1.48. The lowest BCUT2D eigenvalue weighted by molar-refractivity contribution is 0.0439. The highest BCUT2D eigenvalue weighted by atomic mass is 16.8. The van der Waals surface area contributed by atoms with Crippen molar-refractivity contribution in [3.63, 3.8) is 0 Å². The third-order valence-corrected chi connectivity index (χ3v) is 2.57. The molecule has 2 rings (SSSR count). The molecule has 1 aromatic heterocycles. The average Bonchev–Trinajstić information content (AvgIpc) is 2.41. The number of hydrogen-bond acceptors (Lipinski definition) is 5. The maximum absolute atomic E-state index is 12.1. The van der Waals surface area contributed by atoms with E-state index in [9.17, 15) is 14.4 Å². The van der Waals surface area contributed by atoms with E-state index in [0.29, 0.717) is 10.2 Å². The first kappa shape index (κ1) is 12.9. The van der Waals surface area contributed by atoms with Gasteiger partial charge in [-0.25, -0.2) is 9.59 Å². The third-order valence-electron chi connectivity index (χ3n) is 2.57. The van der Waals surface area contributed by atoms with Crippen LogP contribution in [0.25, 0.3) is 10.9 Å². The Morgan fingerprint density at radius 1 is 1.26 bits per heavy atom. The van der Waals surface area contributed by atoms with Crippen LogP contribution in [-0.4, -0.2) is 22.1 Å². The molecule has 0 unspecified atom stereocenters. The van der Waals surface area contributed by atoms with Crippen LogP contribution < -0.4 is 16.1 Å². The summed E-state index contributed by atoms with van der Waals surface area (Å²) in [5.41, 5.74) is -0.996. The Morgan fingerprint density at radius 3 is 2.63 bits per heavy atom. The summed E-state index contributed by atoms with van der Waals surface area (Å²) in [5.74, 6) is 0. The minimum absolute atomic E-state index is 0.0848. The maximum Gasteiger partial charge on any atom is 0.534 e. The van der Waals surface area contributed by atoms with Gasteiger partial charge in [0.1, 0.15) is 0 Å². The largest absolute Gasteiger partial charge is 0.534 e. The van der Waals surface area contributed by atoms with Gasteiger partial charge in [-0.1, -0.05) is 16.9 Å². The second-order valence-corrected chi connectivity index (χ2v) is 3.73. The molecular weight excluding hydrogens is 252 g/mol. The quantitative estimate of drug-likeness (QED) is 0.728. The van der Waals surface area contributed by atoms with E-state index >= 15 is 0 Å². The zero-order valence-electron chi connectivity index (χ0n) is 10.5. The molecule has 0 radical (unpaired) electrons. The summed E-state index contributed by atoms with van der Waals surface area (Å²) in [5, 5.41) is 0.272. The lowest BCUT2D eigenvalue weighted by Gasteiger charge is -2.09. The van der Waals surface area contributed by atoms with Crippen molar-refractivity contribution >= 4 is 17.1 Å². The van der Waals surface area contributed by atoms with Crippen molar-refractivity contribution in [1.82, 2.24) is 9.30 Å². The van der Waals surface area contributed by atoms with Gasteiger partial charge in [-0.2, -0.15) is 0 Å². The van der Waals surface area contributed by atoms with E-state index in [1.807, 2.05) is 0 Å². The van der Waals surface area contributed by atoms with Gasteiger partial charge in [0.25, 0.3) is 5.56 Å². The minimum Gasteiger partial charge on any atom is -0.433 e. The Morgan fingerprint density at radius 2 is 1.95 bits per heavy atom. The Labute approximate surface area is 107 Å². The number of carbonyl (C=O) groups excluding carboxylic acids is 1. The molecule has 0 saturated heterocycles. The standard InChI is InChI=1S/C12H12N2O5/c1-3-18-12(17)19-14-10(15)8-6-4-5-7-9(8)13(2)11(14)16/h4-7H,3H2,1-2H3. The van der Waals surface area contributed by atoms with Crippen LogP contribution >= 0.6 is 0 Å². The molecule has 7 heteroatoms. The monoisotopic (exact) mass is 264 g/mol. The highest BCUT2D eigenvalue weighted by molar-refractivity contribution is 5.77. The molecule has 0 bridgehead atoms. The summed E-state index contributed by atoms with van der Waals surface area (Å²) < 4.78 is 6.15. The molecule has 1 heterocycles. The van der Waals surface area contributed by atoms with Crippen molar-refractivity contribution < 1.29 is 14.4 Å². The number of ether oxygens (including phenoxy) is 1. The molecule has 1 aromatic carbocycles. The topological polar surface area (TPSA) is 79.5 Å². The molecule has 0 amide bonds. The van der Waals surface area contributed by atoms with E-state index in [4.69, 9.17) is 0 Å². The SMILES string of the molecule is CCOC(=O)On1c(=O)c2ccccc2n(C)c1=O. The molecule has 0 saturated carbocycles. The van der Waals surface area contributed by atoms with Gasteiger partial charge in [-0.3, -0.25) is 14.2 Å². The number of carbonyl (C=O) groups is 1. The summed E-state index contributed by atoms with van der Waals surface area (Å²) >= 11 is 0. The smallest absolute Gasteiger partial charge is 0.433 e. The first-order chi connectivity index (χ1) is 9.06. The number of aryl methyl sites for hydroxylation is 1. The number of rotatable bonds is 2. The molecule has 0 N–H and O–H groups in total. The molecule has 19 heavy (non-hydrogen) atoms. The van der Waals surface area contributed by atoms with Gasteiger partial charge >= 0.3 is 11.8 Å². The van der Waals surface area contributed by atoms with E-state index in [-0.39, 0.29) is 12.0 Å². The Bertz CT molecular complexity index is 744. The van der Waals surface area contributed by atoms with Gasteiger partial charge in [0.15, 0.2) is 0 Å². The van der Waals surface area contributed by atoms with E-state index in [1.165, 1.54) is 11.6 Å². The van der Waals surface area contributed by atoms with Crippen LogP contribution in [0.5, 0.6) is 0 Å². The van der Waals surface area contributed by atoms with Crippen LogP contribution in [0.3, 0.4) is 0 Å². The molecule has 0 fully saturated rings. The van der Waals surface area contributed by atoms with Gasteiger partial charge in [-0.05, 0) is 19.1 Å². The van der Waals surface area contributed by atoms with E-state index in [0.717, 1.165) is 0 Å². The summed E-state index contributed by atoms with van der Waals surface area (Å²) in [6, 6.07) is 6.54. The molecule has 0 aliphatic heterocycles. The Hall–Kier alpha value is -2.57. The average molecular weight is 264 g/mol. The van der Waals surface area contributed by atoms with Gasteiger partial charge in [0.05, 0.1) is 17.5 Å². The second-order valence-electron chi connectivity index (χ2n) is 3.73. The van der Waals surface area contributed by atoms with Gasteiger partial charge in [0.2, 0.25) is 0 Å². The van der Waals surface area contributed by atoms with Crippen molar-refractivity contribution in [2.75, 3.05) is 6.61 Å². The van der Waals surface area contributed by atoms with E-state index < -0.39 is 17.4 Å². The number of fused-ring (bicyclic) bond motifs is 1. The van der Waals surface area contributed by atoms with Gasteiger partial charge in [0, 0.05) is 7.05 Å². The number of aromatic nitrogens is 2. The summed E-state index contributed by atoms with van der Waals surface area (Å²) in [6.07, 6.45) is -1.10. The first-order valence-electron chi connectivity index (χ1n) is 5.62. The number of para-hydroxylation sites is 1. The molecule has 0 atom stereocenters. The van der Waals surface area contributed by atoms with Crippen molar-refractivity contribution in [1.29, 1.82) is 0 Å². The van der Waals surface area contributed by atoms with Crippen molar-refractivity contribution in [3.05, 3.63) is 45.1 Å². The molecule has 2 aromatic rings. The van der Waals surface area contributed by atoms with Crippen LogP contribution in [-0.2, 0) is 11.8 Å². The van der Waals surface area contributed by atoms with Crippen molar-refractivity contribution in [3.8, 4) is 0 Å². The number of hydrogen-bond donors (Lipinski definition) is 0. The van der Waals surface area contributed by atoms with E-state index in [2.05, 4.69) is 9.57 Å². The predicted octanol–water partition coefficient (Wildman–Crippen LogP) is 0.285. The highest BCUT2D eigenvalue weighted by Gasteiger charge is 2.15. The van der Waals surface area contributed by atoms with Gasteiger partial charge < -0.3 is 4.74 Å². The fraction of sp³-hybridized carbons (Fsp3) is 0.250. The van der Waals surface area contributed by atoms with Crippen LogP contribution in [0, 0.1) is 0 Å². The Balaban J connectivity index is 2.66. The molecular formula is C12H12N2O5. The normalized spacial score (nSPS) is 10.4. The fourth-order valence-electron chi connectivity index (χ4n) is 1.68.